The molecule has 2 aliphatic rings. The molecule has 7 nitrogen and oxygen atoms in total. The summed E-state index contributed by atoms with van der Waals surface area (Å²) in [4.78, 5) is 16.8. The lowest BCUT2D eigenvalue weighted by molar-refractivity contribution is 0.627. The molecular formula is C28H34FN7S. The SMILES string of the molecule is Fc1ccc(CNC(=S)Nc2nc(N3CCCCCC3)cc(N3CCN(c4ccccc4)CC3)n2)cc1. The van der Waals surface area contributed by atoms with Crippen LogP contribution in [0.4, 0.5) is 27.7 Å². The normalized spacial score (nSPS) is 16.3. The second-order valence-electron chi connectivity index (χ2n) is 9.55. The summed E-state index contributed by atoms with van der Waals surface area (Å²) in [6, 6.07) is 19.1. The van der Waals surface area contributed by atoms with Crippen molar-refractivity contribution in [3.8, 4) is 0 Å². The average Bonchev–Trinajstić information content (AvgIpc) is 3.23. The molecule has 0 aliphatic carbocycles. The first-order chi connectivity index (χ1) is 18.1. The fraction of sp³-hybridized carbons (Fsp3) is 0.393. The number of nitrogens with one attached hydrogen (secondary N) is 2. The molecule has 0 spiro atoms. The van der Waals surface area contributed by atoms with Crippen molar-refractivity contribution in [2.24, 2.45) is 0 Å². The summed E-state index contributed by atoms with van der Waals surface area (Å²) in [5.41, 5.74) is 2.21. The van der Waals surface area contributed by atoms with E-state index in [0.29, 0.717) is 17.6 Å². The van der Waals surface area contributed by atoms with Gasteiger partial charge in [-0.1, -0.05) is 43.2 Å². The van der Waals surface area contributed by atoms with Crippen LogP contribution >= 0.6 is 12.2 Å². The molecule has 0 amide bonds. The Morgan fingerprint density at radius 2 is 1.35 bits per heavy atom. The number of para-hydroxylation sites is 1. The molecule has 0 bridgehead atoms. The molecule has 3 heterocycles. The minimum atomic E-state index is -0.250. The van der Waals surface area contributed by atoms with Crippen LogP contribution in [-0.2, 0) is 6.54 Å². The Hall–Kier alpha value is -3.46. The van der Waals surface area contributed by atoms with Crippen LogP contribution in [0.1, 0.15) is 31.2 Å². The number of benzene rings is 2. The van der Waals surface area contributed by atoms with E-state index < -0.39 is 0 Å². The number of aromatic nitrogens is 2. The largest absolute Gasteiger partial charge is 0.368 e. The number of rotatable bonds is 6. The third kappa shape index (κ3) is 6.85. The molecule has 1 aromatic heterocycles. The van der Waals surface area contributed by atoms with E-state index in [1.54, 1.807) is 12.1 Å². The highest BCUT2D eigenvalue weighted by atomic mass is 32.1. The van der Waals surface area contributed by atoms with Gasteiger partial charge in [-0.15, -0.1) is 0 Å². The van der Waals surface area contributed by atoms with Gasteiger partial charge in [-0.25, -0.2) is 4.39 Å². The van der Waals surface area contributed by atoms with Crippen LogP contribution in [0.3, 0.4) is 0 Å². The van der Waals surface area contributed by atoms with Crippen molar-refractivity contribution in [2.75, 3.05) is 59.3 Å². The van der Waals surface area contributed by atoms with Gasteiger partial charge < -0.3 is 25.3 Å². The Morgan fingerprint density at radius 1 is 0.757 bits per heavy atom. The monoisotopic (exact) mass is 519 g/mol. The van der Waals surface area contributed by atoms with Crippen LogP contribution in [0.5, 0.6) is 0 Å². The van der Waals surface area contributed by atoms with Crippen molar-refractivity contribution in [1.82, 2.24) is 15.3 Å². The van der Waals surface area contributed by atoms with Crippen LogP contribution in [0, 0.1) is 5.82 Å². The fourth-order valence-corrected chi connectivity index (χ4v) is 5.03. The van der Waals surface area contributed by atoms with Gasteiger partial charge in [-0.3, -0.25) is 0 Å². The van der Waals surface area contributed by atoms with E-state index in [-0.39, 0.29) is 5.82 Å². The van der Waals surface area contributed by atoms with E-state index in [1.165, 1.54) is 43.5 Å². The standard InChI is InChI=1S/C28H34FN7S/c29-23-12-10-22(11-13-23)21-30-28(37)33-27-31-25(35-14-6-1-2-7-15-35)20-26(32-27)36-18-16-34(17-19-36)24-8-4-3-5-9-24/h3-5,8-13,20H,1-2,6-7,14-19,21H2,(H2,30,31,32,33,37). The Balaban J connectivity index is 1.30. The molecule has 5 rings (SSSR count). The predicted molar refractivity (Wildman–Crippen MR) is 153 cm³/mol. The van der Waals surface area contributed by atoms with Gasteiger partial charge in [0.05, 0.1) is 0 Å². The van der Waals surface area contributed by atoms with E-state index >= 15 is 0 Å². The number of nitrogens with zero attached hydrogens (tertiary/aromatic N) is 5. The van der Waals surface area contributed by atoms with Crippen molar-refractivity contribution >= 4 is 40.6 Å². The highest BCUT2D eigenvalue weighted by Gasteiger charge is 2.21. The third-order valence-corrected chi connectivity index (χ3v) is 7.19. The summed E-state index contributed by atoms with van der Waals surface area (Å²) in [6.45, 7) is 6.15. The van der Waals surface area contributed by atoms with Crippen molar-refractivity contribution < 1.29 is 4.39 Å². The molecule has 2 fully saturated rings. The molecule has 2 aromatic carbocycles. The molecule has 0 radical (unpaired) electrons. The molecule has 0 unspecified atom stereocenters. The zero-order chi connectivity index (χ0) is 25.5. The second-order valence-corrected chi connectivity index (χ2v) is 9.96. The first kappa shape index (κ1) is 25.2. The van der Waals surface area contributed by atoms with Gasteiger partial charge in [0.25, 0.3) is 0 Å². The van der Waals surface area contributed by atoms with Gasteiger partial charge in [0.1, 0.15) is 17.5 Å². The lowest BCUT2D eigenvalue weighted by Crippen LogP contribution is -2.47. The van der Waals surface area contributed by atoms with Gasteiger partial charge in [-0.2, -0.15) is 9.97 Å². The maximum absolute atomic E-state index is 13.2. The summed E-state index contributed by atoms with van der Waals surface area (Å²) < 4.78 is 13.2. The topological polar surface area (TPSA) is 59.6 Å². The highest BCUT2D eigenvalue weighted by molar-refractivity contribution is 7.80. The summed E-state index contributed by atoms with van der Waals surface area (Å²) in [5, 5.41) is 6.82. The van der Waals surface area contributed by atoms with Crippen molar-refractivity contribution in [2.45, 2.75) is 32.2 Å². The van der Waals surface area contributed by atoms with Crippen molar-refractivity contribution in [3.05, 3.63) is 72.0 Å². The average molecular weight is 520 g/mol. The lowest BCUT2D eigenvalue weighted by atomic mass is 10.2. The number of halogens is 1. The zero-order valence-electron chi connectivity index (χ0n) is 21.1. The minimum absolute atomic E-state index is 0.250. The fourth-order valence-electron chi connectivity index (χ4n) is 4.86. The van der Waals surface area contributed by atoms with Gasteiger partial charge in [0.2, 0.25) is 5.95 Å². The number of hydrogen-bond acceptors (Lipinski definition) is 6. The quantitative estimate of drug-likeness (QED) is 0.450. The summed E-state index contributed by atoms with van der Waals surface area (Å²) in [5.74, 6) is 2.12. The smallest absolute Gasteiger partial charge is 0.232 e. The van der Waals surface area contributed by atoms with Crippen LogP contribution in [-0.4, -0.2) is 54.3 Å². The maximum atomic E-state index is 13.2. The summed E-state index contributed by atoms with van der Waals surface area (Å²) in [6.07, 6.45) is 4.88. The number of thiocarbonyl (C=S) groups is 1. The van der Waals surface area contributed by atoms with E-state index in [9.17, 15) is 4.39 Å². The van der Waals surface area contributed by atoms with Gasteiger partial charge in [-0.05, 0) is 54.9 Å². The second kappa shape index (κ2) is 12.2. The summed E-state index contributed by atoms with van der Waals surface area (Å²) in [7, 11) is 0. The van der Waals surface area contributed by atoms with E-state index in [1.807, 2.05) is 0 Å². The Morgan fingerprint density at radius 3 is 2.00 bits per heavy atom. The lowest BCUT2D eigenvalue weighted by Gasteiger charge is -2.37. The van der Waals surface area contributed by atoms with Crippen LogP contribution in [0.25, 0.3) is 0 Å². The minimum Gasteiger partial charge on any atom is -0.368 e. The predicted octanol–water partition coefficient (Wildman–Crippen LogP) is 4.81. The first-order valence-electron chi connectivity index (χ1n) is 13.1. The molecule has 194 valence electrons. The van der Waals surface area contributed by atoms with Gasteiger partial charge >= 0.3 is 0 Å². The van der Waals surface area contributed by atoms with Gasteiger partial charge in [0.15, 0.2) is 5.11 Å². The Bertz CT molecular complexity index is 1160. The molecule has 2 aliphatic heterocycles. The maximum Gasteiger partial charge on any atom is 0.232 e. The summed E-state index contributed by atoms with van der Waals surface area (Å²) >= 11 is 5.54. The van der Waals surface area contributed by atoms with Crippen molar-refractivity contribution in [1.29, 1.82) is 0 Å². The third-order valence-electron chi connectivity index (χ3n) is 6.95. The number of anilines is 4. The Kier molecular flexibility index (Phi) is 8.30. The van der Waals surface area contributed by atoms with E-state index in [2.05, 4.69) is 61.7 Å². The number of piperazine rings is 1. The highest BCUT2D eigenvalue weighted by Crippen LogP contribution is 2.26. The first-order valence-corrected chi connectivity index (χ1v) is 13.5. The molecule has 0 atom stereocenters. The molecule has 0 saturated carbocycles. The number of hydrogen-bond donors (Lipinski definition) is 2. The molecule has 2 saturated heterocycles. The van der Waals surface area contributed by atoms with Crippen LogP contribution in [0.2, 0.25) is 0 Å². The van der Waals surface area contributed by atoms with E-state index in [4.69, 9.17) is 22.2 Å². The molecule has 9 heteroatoms. The van der Waals surface area contributed by atoms with E-state index in [0.717, 1.165) is 56.5 Å². The zero-order valence-corrected chi connectivity index (χ0v) is 21.9. The molecule has 2 N–H and O–H groups in total. The van der Waals surface area contributed by atoms with Crippen molar-refractivity contribution in [3.63, 3.8) is 0 Å². The van der Waals surface area contributed by atoms with Gasteiger partial charge in [0, 0.05) is 57.6 Å². The molecule has 37 heavy (non-hydrogen) atoms. The molecule has 3 aromatic rings. The van der Waals surface area contributed by atoms with Crippen LogP contribution < -0.4 is 25.3 Å². The van der Waals surface area contributed by atoms with Crippen LogP contribution in [0.15, 0.2) is 60.7 Å². The molecular weight excluding hydrogens is 485 g/mol. The Labute approximate surface area is 223 Å².